The first-order valence-corrected chi connectivity index (χ1v) is 6.08. The number of fused-ring (bicyclic) bond motifs is 1. The zero-order chi connectivity index (χ0) is 10.8. The highest BCUT2D eigenvalue weighted by Crippen LogP contribution is 2.33. The Morgan fingerprint density at radius 2 is 2.07 bits per heavy atom. The first-order chi connectivity index (χ1) is 7.20. The molecule has 1 aliphatic carbocycles. The summed E-state index contributed by atoms with van der Waals surface area (Å²) in [5, 5.41) is 8.48. The molecule has 1 atom stereocenters. The lowest BCUT2D eigenvalue weighted by Gasteiger charge is -2.23. The maximum absolute atomic E-state index is 4.30. The van der Waals surface area contributed by atoms with E-state index in [4.69, 9.17) is 0 Å². The van der Waals surface area contributed by atoms with Crippen LogP contribution < -0.4 is 0 Å². The quantitative estimate of drug-likeness (QED) is 0.709. The Morgan fingerprint density at radius 3 is 2.80 bits per heavy atom. The number of hydrogen-bond donors (Lipinski definition) is 0. The molecule has 1 aromatic rings. The summed E-state index contributed by atoms with van der Waals surface area (Å²) in [4.78, 5) is 0. The molecule has 0 amide bonds. The summed E-state index contributed by atoms with van der Waals surface area (Å²) < 4.78 is 1.99. The van der Waals surface area contributed by atoms with Crippen molar-refractivity contribution in [3.63, 3.8) is 0 Å². The molecule has 0 saturated heterocycles. The van der Waals surface area contributed by atoms with Crippen LogP contribution in [0.2, 0.25) is 0 Å². The normalized spacial score (nSPS) is 22.3. The first-order valence-electron chi connectivity index (χ1n) is 6.08. The van der Waals surface area contributed by atoms with Crippen LogP contribution in [0.3, 0.4) is 0 Å². The van der Waals surface area contributed by atoms with Gasteiger partial charge >= 0.3 is 0 Å². The minimum Gasteiger partial charge on any atom is -0.252 e. The lowest BCUT2D eigenvalue weighted by atomic mass is 9.84. The van der Waals surface area contributed by atoms with Crippen molar-refractivity contribution < 1.29 is 0 Å². The van der Waals surface area contributed by atoms with Gasteiger partial charge in [-0.05, 0) is 25.2 Å². The van der Waals surface area contributed by atoms with Gasteiger partial charge in [0.2, 0.25) is 0 Å². The van der Waals surface area contributed by atoms with Crippen molar-refractivity contribution in [2.45, 2.75) is 51.9 Å². The SMILES string of the molecule is CC(C)C1CCCCCc2nnn(C)c21. The van der Waals surface area contributed by atoms with Gasteiger partial charge in [0.05, 0.1) is 11.4 Å². The van der Waals surface area contributed by atoms with Gasteiger partial charge in [-0.1, -0.05) is 31.9 Å². The fraction of sp³-hybridized carbons (Fsp3) is 0.833. The van der Waals surface area contributed by atoms with E-state index >= 15 is 0 Å². The molecular formula is C12H21N3. The van der Waals surface area contributed by atoms with Gasteiger partial charge in [-0.2, -0.15) is 0 Å². The van der Waals surface area contributed by atoms with Crippen LogP contribution in [0.4, 0.5) is 0 Å². The molecule has 0 N–H and O–H groups in total. The maximum Gasteiger partial charge on any atom is 0.0862 e. The van der Waals surface area contributed by atoms with Crippen LogP contribution >= 0.6 is 0 Å². The summed E-state index contributed by atoms with van der Waals surface area (Å²) in [6.45, 7) is 4.62. The molecule has 0 bridgehead atoms. The third-order valence-corrected chi connectivity index (χ3v) is 3.53. The number of hydrogen-bond acceptors (Lipinski definition) is 2. The van der Waals surface area contributed by atoms with E-state index in [0.29, 0.717) is 11.8 Å². The third kappa shape index (κ3) is 2.06. The minimum absolute atomic E-state index is 0.653. The standard InChI is InChI=1S/C12H21N3/c1-9(2)10-7-5-4-6-8-11-12(10)15(3)14-13-11/h9-10H,4-8H2,1-3H3. The highest BCUT2D eigenvalue weighted by molar-refractivity contribution is 5.17. The van der Waals surface area contributed by atoms with Gasteiger partial charge in [-0.3, -0.25) is 4.68 Å². The second-order valence-electron chi connectivity index (χ2n) is 4.99. The number of rotatable bonds is 1. The minimum atomic E-state index is 0.653. The van der Waals surface area contributed by atoms with E-state index in [1.165, 1.54) is 37.1 Å². The molecule has 1 unspecified atom stereocenters. The van der Waals surface area contributed by atoms with Gasteiger partial charge < -0.3 is 0 Å². The molecule has 0 radical (unpaired) electrons. The largest absolute Gasteiger partial charge is 0.252 e. The predicted molar refractivity (Wildman–Crippen MR) is 60.8 cm³/mol. The fourth-order valence-electron chi connectivity index (χ4n) is 2.66. The number of aryl methyl sites for hydroxylation is 2. The monoisotopic (exact) mass is 207 g/mol. The average molecular weight is 207 g/mol. The van der Waals surface area contributed by atoms with Crippen molar-refractivity contribution in [1.29, 1.82) is 0 Å². The first kappa shape index (κ1) is 10.7. The summed E-state index contributed by atoms with van der Waals surface area (Å²) in [6.07, 6.45) is 6.39. The van der Waals surface area contributed by atoms with Crippen molar-refractivity contribution >= 4 is 0 Å². The highest BCUT2D eigenvalue weighted by Gasteiger charge is 2.24. The van der Waals surface area contributed by atoms with Crippen molar-refractivity contribution in [2.75, 3.05) is 0 Å². The van der Waals surface area contributed by atoms with E-state index < -0.39 is 0 Å². The van der Waals surface area contributed by atoms with E-state index in [0.717, 1.165) is 6.42 Å². The lowest BCUT2D eigenvalue weighted by Crippen LogP contribution is -2.15. The summed E-state index contributed by atoms with van der Waals surface area (Å²) >= 11 is 0. The summed E-state index contributed by atoms with van der Waals surface area (Å²) in [5.74, 6) is 1.35. The zero-order valence-corrected chi connectivity index (χ0v) is 10.0. The van der Waals surface area contributed by atoms with Gasteiger partial charge in [-0.25, -0.2) is 0 Å². The Morgan fingerprint density at radius 1 is 1.27 bits per heavy atom. The van der Waals surface area contributed by atoms with Gasteiger partial charge in [0.15, 0.2) is 0 Å². The molecule has 3 nitrogen and oxygen atoms in total. The van der Waals surface area contributed by atoms with Crippen molar-refractivity contribution in [3.05, 3.63) is 11.4 Å². The maximum atomic E-state index is 4.30. The number of nitrogens with zero attached hydrogens (tertiary/aromatic N) is 3. The smallest absolute Gasteiger partial charge is 0.0862 e. The van der Waals surface area contributed by atoms with E-state index in [9.17, 15) is 0 Å². The number of aromatic nitrogens is 3. The van der Waals surface area contributed by atoms with Crippen LogP contribution in [0.1, 0.15) is 56.8 Å². The molecule has 0 spiro atoms. The molecule has 1 aliphatic rings. The van der Waals surface area contributed by atoms with Crippen LogP contribution in [0.15, 0.2) is 0 Å². The van der Waals surface area contributed by atoms with Crippen molar-refractivity contribution in [1.82, 2.24) is 15.0 Å². The zero-order valence-electron chi connectivity index (χ0n) is 10.0. The van der Waals surface area contributed by atoms with Crippen LogP contribution in [-0.2, 0) is 13.5 Å². The third-order valence-electron chi connectivity index (χ3n) is 3.53. The van der Waals surface area contributed by atoms with E-state index in [2.05, 4.69) is 24.2 Å². The predicted octanol–water partition coefficient (Wildman–Crippen LogP) is 2.67. The van der Waals surface area contributed by atoms with Crippen LogP contribution in [-0.4, -0.2) is 15.0 Å². The second-order valence-corrected chi connectivity index (χ2v) is 4.99. The lowest BCUT2D eigenvalue weighted by molar-refractivity contribution is 0.410. The summed E-state index contributed by atoms with van der Waals surface area (Å²) in [7, 11) is 2.03. The van der Waals surface area contributed by atoms with Gasteiger partial charge in [-0.15, -0.1) is 5.10 Å². The van der Waals surface area contributed by atoms with E-state index in [1.807, 2.05) is 11.7 Å². The topological polar surface area (TPSA) is 30.7 Å². The Labute approximate surface area is 91.9 Å². The molecule has 0 aromatic carbocycles. The van der Waals surface area contributed by atoms with Gasteiger partial charge in [0.1, 0.15) is 0 Å². The molecule has 0 aliphatic heterocycles. The Hall–Kier alpha value is -0.860. The molecule has 0 saturated carbocycles. The van der Waals surface area contributed by atoms with Crippen LogP contribution in [0.5, 0.6) is 0 Å². The molecule has 0 fully saturated rings. The van der Waals surface area contributed by atoms with Crippen LogP contribution in [0, 0.1) is 5.92 Å². The average Bonchev–Trinajstić information content (AvgIpc) is 2.46. The summed E-state index contributed by atoms with van der Waals surface area (Å²) in [6, 6.07) is 0. The van der Waals surface area contributed by atoms with E-state index in [-0.39, 0.29) is 0 Å². The molecule has 2 rings (SSSR count). The van der Waals surface area contributed by atoms with Gasteiger partial charge in [0, 0.05) is 13.0 Å². The van der Waals surface area contributed by atoms with Crippen molar-refractivity contribution in [2.24, 2.45) is 13.0 Å². The second kappa shape index (κ2) is 4.33. The molecule has 15 heavy (non-hydrogen) atoms. The highest BCUT2D eigenvalue weighted by atomic mass is 15.4. The Balaban J connectivity index is 2.36. The van der Waals surface area contributed by atoms with Gasteiger partial charge in [0.25, 0.3) is 0 Å². The van der Waals surface area contributed by atoms with Crippen molar-refractivity contribution in [3.8, 4) is 0 Å². The van der Waals surface area contributed by atoms with Crippen LogP contribution in [0.25, 0.3) is 0 Å². The fourth-order valence-corrected chi connectivity index (χ4v) is 2.66. The molecule has 84 valence electrons. The molecule has 3 heteroatoms. The van der Waals surface area contributed by atoms with E-state index in [1.54, 1.807) is 0 Å². The Kier molecular flexibility index (Phi) is 3.08. The molecule has 1 aromatic heterocycles. The molecule has 1 heterocycles. The molecular weight excluding hydrogens is 186 g/mol. The Bertz CT molecular complexity index is 328. The summed E-state index contributed by atoms with van der Waals surface area (Å²) in [5.41, 5.74) is 2.64.